The van der Waals surface area contributed by atoms with E-state index in [0.717, 1.165) is 34.4 Å². The van der Waals surface area contributed by atoms with Crippen LogP contribution in [0.3, 0.4) is 0 Å². The Morgan fingerprint density at radius 1 is 1.50 bits per heavy atom. The van der Waals surface area contributed by atoms with E-state index in [1.807, 2.05) is 48.1 Å². The number of amides is 1. The minimum absolute atomic E-state index is 0. The normalized spacial score (nSPS) is 18.9. The van der Waals surface area contributed by atoms with E-state index in [1.165, 1.54) is 0 Å². The molecule has 2 aromatic rings. The van der Waals surface area contributed by atoms with Crippen LogP contribution in [0.25, 0.3) is 10.9 Å². The average Bonchev–Trinajstić information content (AvgIpc) is 3.16. The van der Waals surface area contributed by atoms with Crippen LogP contribution in [0.15, 0.2) is 30.5 Å². The van der Waals surface area contributed by atoms with Gasteiger partial charge in [0, 0.05) is 35.9 Å². The zero-order chi connectivity index (χ0) is 14.8. The molecule has 120 valence electrons. The van der Waals surface area contributed by atoms with Gasteiger partial charge in [-0.05, 0) is 30.2 Å². The van der Waals surface area contributed by atoms with Gasteiger partial charge >= 0.3 is 0 Å². The van der Waals surface area contributed by atoms with Crippen molar-refractivity contribution in [1.29, 1.82) is 0 Å². The summed E-state index contributed by atoms with van der Waals surface area (Å²) in [5.41, 5.74) is 8.36. The standard InChI is InChI=1S/C16H21N3OS.ClH/c1-19(12-6-7-21-10-12)16(20)14(17)8-11-9-18-15-5-3-2-4-13(11)15;/h2-5,9,12,14,18H,6-8,10,17H2,1H3;1H/t12?,14-;/m0./s1. The number of para-hydroxylation sites is 1. The number of H-pyrrole nitrogens is 1. The van der Waals surface area contributed by atoms with Crippen LogP contribution in [0.1, 0.15) is 12.0 Å². The van der Waals surface area contributed by atoms with E-state index in [-0.39, 0.29) is 18.3 Å². The molecule has 0 aliphatic carbocycles. The molecule has 6 heteroatoms. The summed E-state index contributed by atoms with van der Waals surface area (Å²) in [6, 6.07) is 7.98. The maximum atomic E-state index is 12.5. The lowest BCUT2D eigenvalue weighted by Gasteiger charge is -2.26. The van der Waals surface area contributed by atoms with Gasteiger partial charge in [-0.2, -0.15) is 11.8 Å². The van der Waals surface area contributed by atoms with Crippen molar-refractivity contribution in [2.45, 2.75) is 24.9 Å². The van der Waals surface area contributed by atoms with Crippen LogP contribution in [-0.2, 0) is 11.2 Å². The van der Waals surface area contributed by atoms with Crippen LogP contribution in [-0.4, -0.2) is 46.4 Å². The van der Waals surface area contributed by atoms with Gasteiger partial charge in [0.15, 0.2) is 0 Å². The summed E-state index contributed by atoms with van der Waals surface area (Å²) < 4.78 is 0. The SMILES string of the molecule is CN(C(=O)[C@@H](N)Cc1c[nH]c2ccccc12)C1CCSC1.Cl. The van der Waals surface area contributed by atoms with E-state index >= 15 is 0 Å². The Balaban J connectivity index is 0.00000176. The molecule has 1 aromatic heterocycles. The van der Waals surface area contributed by atoms with E-state index in [1.54, 1.807) is 0 Å². The number of aromatic nitrogens is 1. The number of likely N-dealkylation sites (N-methyl/N-ethyl adjacent to an activating group) is 1. The van der Waals surface area contributed by atoms with Crippen molar-refractivity contribution in [3.8, 4) is 0 Å². The van der Waals surface area contributed by atoms with E-state index in [0.29, 0.717) is 12.5 Å². The van der Waals surface area contributed by atoms with Gasteiger partial charge in [0.25, 0.3) is 0 Å². The minimum Gasteiger partial charge on any atom is -0.361 e. The lowest BCUT2D eigenvalue weighted by atomic mass is 10.0. The Morgan fingerprint density at radius 3 is 3.00 bits per heavy atom. The predicted molar refractivity (Wildman–Crippen MR) is 95.7 cm³/mol. The molecule has 0 bridgehead atoms. The first-order valence-corrected chi connectivity index (χ1v) is 8.47. The predicted octanol–water partition coefficient (Wildman–Crippen LogP) is 2.42. The Labute approximate surface area is 141 Å². The van der Waals surface area contributed by atoms with Crippen LogP contribution in [0.5, 0.6) is 0 Å². The summed E-state index contributed by atoms with van der Waals surface area (Å²) in [4.78, 5) is 17.6. The molecule has 2 atom stereocenters. The lowest BCUT2D eigenvalue weighted by molar-refractivity contribution is -0.132. The number of nitrogens with one attached hydrogen (secondary N) is 1. The first kappa shape index (κ1) is 17.2. The number of nitrogens with zero attached hydrogens (tertiary/aromatic N) is 1. The molecule has 2 heterocycles. The molecule has 1 fully saturated rings. The second-order valence-electron chi connectivity index (χ2n) is 5.64. The number of carbonyl (C=O) groups is 1. The van der Waals surface area contributed by atoms with Crippen LogP contribution < -0.4 is 5.73 Å². The third kappa shape index (κ3) is 3.42. The van der Waals surface area contributed by atoms with Gasteiger partial charge in [0.1, 0.15) is 0 Å². The van der Waals surface area contributed by atoms with Gasteiger partial charge in [0.05, 0.1) is 6.04 Å². The quantitative estimate of drug-likeness (QED) is 0.899. The number of aromatic amines is 1. The van der Waals surface area contributed by atoms with Crippen molar-refractivity contribution < 1.29 is 4.79 Å². The molecule has 3 N–H and O–H groups in total. The molecule has 0 saturated carbocycles. The highest BCUT2D eigenvalue weighted by Crippen LogP contribution is 2.23. The van der Waals surface area contributed by atoms with Crippen molar-refractivity contribution in [2.75, 3.05) is 18.6 Å². The molecular formula is C16H22ClN3OS. The number of fused-ring (bicyclic) bond motifs is 1. The van der Waals surface area contributed by atoms with E-state index in [2.05, 4.69) is 11.1 Å². The fourth-order valence-electron chi connectivity index (χ4n) is 2.89. The molecule has 1 unspecified atom stereocenters. The number of hydrogen-bond acceptors (Lipinski definition) is 3. The number of benzene rings is 1. The van der Waals surface area contributed by atoms with Crippen LogP contribution >= 0.6 is 24.2 Å². The summed E-state index contributed by atoms with van der Waals surface area (Å²) in [7, 11) is 1.88. The zero-order valence-corrected chi connectivity index (χ0v) is 14.3. The van der Waals surface area contributed by atoms with Gasteiger partial charge in [0.2, 0.25) is 5.91 Å². The van der Waals surface area contributed by atoms with Gasteiger partial charge in [-0.25, -0.2) is 0 Å². The molecular weight excluding hydrogens is 318 g/mol. The Hall–Kier alpha value is -1.17. The summed E-state index contributed by atoms with van der Waals surface area (Å²) in [6.45, 7) is 0. The van der Waals surface area contributed by atoms with Crippen molar-refractivity contribution in [2.24, 2.45) is 5.73 Å². The highest BCUT2D eigenvalue weighted by atomic mass is 35.5. The summed E-state index contributed by atoms with van der Waals surface area (Å²) in [6.07, 6.45) is 3.61. The molecule has 1 aliphatic rings. The zero-order valence-electron chi connectivity index (χ0n) is 12.6. The Morgan fingerprint density at radius 2 is 2.27 bits per heavy atom. The maximum absolute atomic E-state index is 12.5. The van der Waals surface area contributed by atoms with Gasteiger partial charge in [-0.3, -0.25) is 4.79 Å². The number of hydrogen-bond donors (Lipinski definition) is 2. The second kappa shape index (κ2) is 7.40. The summed E-state index contributed by atoms with van der Waals surface area (Å²) in [5.74, 6) is 2.22. The number of rotatable bonds is 4. The number of nitrogens with two attached hydrogens (primary N) is 1. The first-order valence-electron chi connectivity index (χ1n) is 7.32. The van der Waals surface area contributed by atoms with Crippen LogP contribution in [0.4, 0.5) is 0 Å². The Bertz CT molecular complexity index is 639. The highest BCUT2D eigenvalue weighted by molar-refractivity contribution is 7.99. The Kier molecular flexibility index (Phi) is 5.78. The molecule has 1 amide bonds. The van der Waals surface area contributed by atoms with Crippen molar-refractivity contribution in [3.05, 3.63) is 36.0 Å². The second-order valence-corrected chi connectivity index (χ2v) is 6.79. The van der Waals surface area contributed by atoms with E-state index in [4.69, 9.17) is 5.73 Å². The molecule has 1 aromatic carbocycles. The van der Waals surface area contributed by atoms with Crippen molar-refractivity contribution in [3.63, 3.8) is 0 Å². The summed E-state index contributed by atoms with van der Waals surface area (Å²) in [5, 5.41) is 1.15. The third-order valence-electron chi connectivity index (χ3n) is 4.23. The monoisotopic (exact) mass is 339 g/mol. The number of halogens is 1. The van der Waals surface area contributed by atoms with Crippen LogP contribution in [0, 0.1) is 0 Å². The molecule has 22 heavy (non-hydrogen) atoms. The average molecular weight is 340 g/mol. The fraction of sp³-hybridized carbons (Fsp3) is 0.438. The molecule has 1 aliphatic heterocycles. The molecule has 3 rings (SSSR count). The minimum atomic E-state index is -0.472. The van der Waals surface area contributed by atoms with E-state index in [9.17, 15) is 4.79 Å². The number of carbonyl (C=O) groups excluding carboxylic acids is 1. The van der Waals surface area contributed by atoms with Crippen molar-refractivity contribution >= 4 is 41.0 Å². The fourth-order valence-corrected chi connectivity index (χ4v) is 4.16. The maximum Gasteiger partial charge on any atom is 0.239 e. The smallest absolute Gasteiger partial charge is 0.239 e. The summed E-state index contributed by atoms with van der Waals surface area (Å²) >= 11 is 1.91. The van der Waals surface area contributed by atoms with Gasteiger partial charge in [-0.15, -0.1) is 12.4 Å². The van der Waals surface area contributed by atoms with Gasteiger partial charge < -0.3 is 15.6 Å². The number of thioether (sulfide) groups is 1. The van der Waals surface area contributed by atoms with Gasteiger partial charge in [-0.1, -0.05) is 18.2 Å². The third-order valence-corrected chi connectivity index (χ3v) is 5.38. The largest absolute Gasteiger partial charge is 0.361 e. The molecule has 0 radical (unpaired) electrons. The molecule has 1 saturated heterocycles. The molecule has 4 nitrogen and oxygen atoms in total. The highest BCUT2D eigenvalue weighted by Gasteiger charge is 2.27. The molecule has 0 spiro atoms. The topological polar surface area (TPSA) is 62.1 Å². The first-order chi connectivity index (χ1) is 10.2. The van der Waals surface area contributed by atoms with E-state index < -0.39 is 6.04 Å². The van der Waals surface area contributed by atoms with Crippen molar-refractivity contribution in [1.82, 2.24) is 9.88 Å². The lowest BCUT2D eigenvalue weighted by Crippen LogP contribution is -2.47. The van der Waals surface area contributed by atoms with Crippen LogP contribution in [0.2, 0.25) is 0 Å².